The minimum absolute atomic E-state index is 0.000899. The number of benzene rings is 2. The van der Waals surface area contributed by atoms with Crippen LogP contribution in [0.5, 0.6) is 0 Å². The van der Waals surface area contributed by atoms with Crippen molar-refractivity contribution in [2.24, 2.45) is 0 Å². The fraction of sp³-hybridized carbons (Fsp3) is 0. The van der Waals surface area contributed by atoms with Crippen LogP contribution in [-0.4, -0.2) is 19.9 Å². The molecule has 0 fully saturated rings. The lowest BCUT2D eigenvalue weighted by Gasteiger charge is -2.11. The molecule has 0 spiro atoms. The van der Waals surface area contributed by atoms with Crippen LogP contribution in [0.25, 0.3) is 10.9 Å². The summed E-state index contributed by atoms with van der Waals surface area (Å²) >= 11 is 12.0. The molecule has 0 amide bonds. The molecule has 0 saturated carbocycles. The third-order valence-electron chi connectivity index (χ3n) is 4.02. The molecule has 0 bridgehead atoms. The maximum absolute atomic E-state index is 11.8. The minimum atomic E-state index is -0.560. The van der Waals surface area contributed by atoms with Gasteiger partial charge in [-0.25, -0.2) is 9.97 Å². The maximum Gasteiger partial charge on any atom is 0.353 e. The average molecular weight is 427 g/mol. The van der Waals surface area contributed by atoms with Crippen LogP contribution in [-0.2, 0) is 0 Å². The molecule has 0 unspecified atom stereocenters. The van der Waals surface area contributed by atoms with Gasteiger partial charge in [0.05, 0.1) is 16.1 Å². The van der Waals surface area contributed by atoms with Crippen LogP contribution in [0.3, 0.4) is 0 Å². The number of aromatic nitrogens is 3. The number of nitro groups is 1. The Bertz CT molecular complexity index is 1210. The van der Waals surface area contributed by atoms with E-state index in [1.54, 1.807) is 30.5 Å². The van der Waals surface area contributed by atoms with Crippen LogP contribution in [0, 0.1) is 10.1 Å². The van der Waals surface area contributed by atoms with Crippen molar-refractivity contribution in [2.75, 3.05) is 10.6 Å². The molecule has 144 valence electrons. The van der Waals surface area contributed by atoms with Crippen molar-refractivity contribution in [3.05, 3.63) is 81.2 Å². The first kappa shape index (κ1) is 18.9. The molecule has 0 radical (unpaired) electrons. The Morgan fingerprint density at radius 1 is 0.897 bits per heavy atom. The Morgan fingerprint density at radius 3 is 2.31 bits per heavy atom. The van der Waals surface area contributed by atoms with Crippen molar-refractivity contribution in [2.45, 2.75) is 0 Å². The number of hydrogen-bond acceptors (Lipinski definition) is 7. The summed E-state index contributed by atoms with van der Waals surface area (Å²) in [5, 5.41) is 19.3. The van der Waals surface area contributed by atoms with Gasteiger partial charge in [0.1, 0.15) is 6.33 Å². The third kappa shape index (κ3) is 4.03. The molecule has 2 N–H and O–H groups in total. The number of pyridine rings is 1. The van der Waals surface area contributed by atoms with E-state index in [1.807, 2.05) is 24.3 Å². The first-order valence-electron chi connectivity index (χ1n) is 8.34. The van der Waals surface area contributed by atoms with E-state index in [-0.39, 0.29) is 17.3 Å². The molecule has 0 saturated heterocycles. The Hall–Kier alpha value is -3.49. The number of hydrogen-bond donors (Lipinski definition) is 2. The maximum atomic E-state index is 11.8. The van der Waals surface area contributed by atoms with E-state index < -0.39 is 4.92 Å². The molecular formula is C19H12Cl2N6O2. The zero-order valence-electron chi connectivity index (χ0n) is 14.6. The number of halogens is 2. The molecule has 4 aromatic rings. The van der Waals surface area contributed by atoms with Crippen molar-refractivity contribution in [1.29, 1.82) is 0 Å². The van der Waals surface area contributed by atoms with Gasteiger partial charge < -0.3 is 10.6 Å². The van der Waals surface area contributed by atoms with Gasteiger partial charge in [-0.3, -0.25) is 15.1 Å². The van der Waals surface area contributed by atoms with Gasteiger partial charge in [-0.05, 0) is 30.3 Å². The molecule has 0 aliphatic carbocycles. The van der Waals surface area contributed by atoms with Crippen molar-refractivity contribution in [3.8, 4) is 0 Å². The van der Waals surface area contributed by atoms with Crippen molar-refractivity contribution < 1.29 is 4.92 Å². The zero-order valence-corrected chi connectivity index (χ0v) is 16.1. The fourth-order valence-electron chi connectivity index (χ4n) is 2.83. The smallest absolute Gasteiger partial charge is 0.334 e. The molecule has 2 heterocycles. The van der Waals surface area contributed by atoms with Gasteiger partial charge in [-0.2, -0.15) is 0 Å². The number of nitrogens with one attached hydrogen (secondary N) is 2. The summed E-state index contributed by atoms with van der Waals surface area (Å²) in [4.78, 5) is 23.6. The number of fused-ring (bicyclic) bond motifs is 1. The number of rotatable bonds is 5. The highest BCUT2D eigenvalue weighted by atomic mass is 35.5. The van der Waals surface area contributed by atoms with Gasteiger partial charge in [0.15, 0.2) is 0 Å². The van der Waals surface area contributed by atoms with Crippen LogP contribution >= 0.6 is 23.2 Å². The van der Waals surface area contributed by atoms with Crippen LogP contribution in [0.15, 0.2) is 61.1 Å². The molecule has 8 nitrogen and oxygen atoms in total. The van der Waals surface area contributed by atoms with Gasteiger partial charge in [0, 0.05) is 27.3 Å². The third-order valence-corrected chi connectivity index (χ3v) is 4.45. The van der Waals surface area contributed by atoms with E-state index in [2.05, 4.69) is 25.6 Å². The second kappa shape index (κ2) is 7.86. The molecule has 2 aromatic carbocycles. The van der Waals surface area contributed by atoms with Crippen molar-refractivity contribution >= 4 is 62.8 Å². The topological polar surface area (TPSA) is 106 Å². The van der Waals surface area contributed by atoms with Crippen molar-refractivity contribution in [1.82, 2.24) is 15.0 Å². The highest BCUT2D eigenvalue weighted by molar-refractivity contribution is 6.35. The minimum Gasteiger partial charge on any atom is -0.334 e. The number of para-hydroxylation sites is 1. The number of nitrogens with zero attached hydrogens (tertiary/aromatic N) is 4. The SMILES string of the molecule is O=[N+]([O-])c1c(Nc2cc(Cl)cc(Cl)c2)ncnc1Nc1cccc2cccnc12. The largest absolute Gasteiger partial charge is 0.353 e. The standard InChI is InChI=1S/C19H12Cl2N6O2/c20-12-7-13(21)9-14(8-12)25-18-17(27(28)29)19(24-10-23-18)26-15-5-1-3-11-4-2-6-22-16(11)15/h1-10H,(H2,23,24,25,26). The quantitative estimate of drug-likeness (QED) is 0.310. The lowest BCUT2D eigenvalue weighted by molar-refractivity contribution is -0.383. The summed E-state index contributed by atoms with van der Waals surface area (Å²) in [5.41, 5.74) is 1.39. The Labute approximate surface area is 174 Å². The predicted octanol–water partition coefficient (Wildman–Crippen LogP) is 5.73. The predicted molar refractivity (Wildman–Crippen MR) is 113 cm³/mol. The van der Waals surface area contributed by atoms with Crippen LogP contribution in [0.1, 0.15) is 0 Å². The van der Waals surface area contributed by atoms with Crippen LogP contribution in [0.2, 0.25) is 10.0 Å². The monoisotopic (exact) mass is 426 g/mol. The molecule has 29 heavy (non-hydrogen) atoms. The normalized spacial score (nSPS) is 10.7. The highest BCUT2D eigenvalue weighted by Gasteiger charge is 2.24. The molecule has 0 atom stereocenters. The lowest BCUT2D eigenvalue weighted by Crippen LogP contribution is -2.06. The van der Waals surface area contributed by atoms with Gasteiger partial charge in [-0.1, -0.05) is 41.4 Å². The van der Waals surface area contributed by atoms with Gasteiger partial charge in [0.25, 0.3) is 0 Å². The first-order chi connectivity index (χ1) is 14.0. The Morgan fingerprint density at radius 2 is 1.59 bits per heavy atom. The highest BCUT2D eigenvalue weighted by Crippen LogP contribution is 2.35. The molecule has 0 aliphatic rings. The summed E-state index contributed by atoms with van der Waals surface area (Å²) < 4.78 is 0. The van der Waals surface area contributed by atoms with E-state index in [0.29, 0.717) is 26.9 Å². The zero-order chi connectivity index (χ0) is 20.4. The summed E-state index contributed by atoms with van der Waals surface area (Å²) in [7, 11) is 0. The van der Waals surface area contributed by atoms with Crippen molar-refractivity contribution in [3.63, 3.8) is 0 Å². The van der Waals surface area contributed by atoms with E-state index in [1.165, 1.54) is 6.33 Å². The van der Waals surface area contributed by atoms with Crippen LogP contribution < -0.4 is 10.6 Å². The van der Waals surface area contributed by atoms with Gasteiger partial charge in [-0.15, -0.1) is 0 Å². The molecule has 4 rings (SSSR count). The summed E-state index contributed by atoms with van der Waals surface area (Å²) in [6.45, 7) is 0. The van der Waals surface area contributed by atoms with E-state index in [4.69, 9.17) is 23.2 Å². The van der Waals surface area contributed by atoms with E-state index >= 15 is 0 Å². The van der Waals surface area contributed by atoms with Gasteiger partial charge in [0.2, 0.25) is 11.6 Å². The lowest BCUT2D eigenvalue weighted by atomic mass is 10.2. The second-order valence-electron chi connectivity index (χ2n) is 5.97. The molecule has 2 aromatic heterocycles. The average Bonchev–Trinajstić information content (AvgIpc) is 2.67. The Balaban J connectivity index is 1.76. The second-order valence-corrected chi connectivity index (χ2v) is 6.84. The molecule has 0 aliphatic heterocycles. The molecule has 10 heteroatoms. The summed E-state index contributed by atoms with van der Waals surface area (Å²) in [5.74, 6) is 0.0257. The van der Waals surface area contributed by atoms with Crippen LogP contribution in [0.4, 0.5) is 28.7 Å². The number of anilines is 4. The Kier molecular flexibility index (Phi) is 5.11. The van der Waals surface area contributed by atoms with E-state index in [9.17, 15) is 10.1 Å². The molecular weight excluding hydrogens is 415 g/mol. The van der Waals surface area contributed by atoms with Gasteiger partial charge >= 0.3 is 5.69 Å². The summed E-state index contributed by atoms with van der Waals surface area (Å²) in [6.07, 6.45) is 2.88. The van der Waals surface area contributed by atoms with E-state index in [0.717, 1.165) is 5.39 Å². The fourth-order valence-corrected chi connectivity index (χ4v) is 3.36. The summed E-state index contributed by atoms with van der Waals surface area (Å²) in [6, 6.07) is 13.9. The first-order valence-corrected chi connectivity index (χ1v) is 9.10.